The Morgan fingerprint density at radius 1 is 0.968 bits per heavy atom. The van der Waals surface area contributed by atoms with Gasteiger partial charge in [-0.2, -0.15) is 14.7 Å². The number of fused-ring (bicyclic) bond motifs is 3. The predicted octanol–water partition coefficient (Wildman–Crippen LogP) is 2.84. The van der Waals surface area contributed by atoms with E-state index in [2.05, 4.69) is 25.7 Å². The summed E-state index contributed by atoms with van der Waals surface area (Å²) in [6.45, 7) is 0.507. The minimum atomic E-state index is -0.201. The van der Waals surface area contributed by atoms with Crippen molar-refractivity contribution in [3.8, 4) is 5.69 Å². The zero-order chi connectivity index (χ0) is 21.0. The Kier molecular flexibility index (Phi) is 4.94. The van der Waals surface area contributed by atoms with Crippen molar-refractivity contribution in [1.82, 2.24) is 34.9 Å². The summed E-state index contributed by atoms with van der Waals surface area (Å²) in [7, 11) is 0. The van der Waals surface area contributed by atoms with E-state index in [0.717, 1.165) is 22.0 Å². The maximum absolute atomic E-state index is 12.2. The van der Waals surface area contributed by atoms with E-state index in [9.17, 15) is 4.79 Å². The summed E-state index contributed by atoms with van der Waals surface area (Å²) in [6.07, 6.45) is 9.29. The van der Waals surface area contributed by atoms with E-state index < -0.39 is 0 Å². The van der Waals surface area contributed by atoms with E-state index >= 15 is 0 Å². The molecule has 3 aromatic heterocycles. The van der Waals surface area contributed by atoms with Crippen LogP contribution >= 0.6 is 0 Å². The average Bonchev–Trinajstić information content (AvgIpc) is 3.46. The number of nitrogens with zero attached hydrogens (tertiary/aromatic N) is 6. The van der Waals surface area contributed by atoms with Crippen molar-refractivity contribution in [1.29, 1.82) is 0 Å². The highest BCUT2D eigenvalue weighted by atomic mass is 16.1. The molecule has 2 aromatic carbocycles. The first-order chi connectivity index (χ1) is 15.3. The molecule has 152 valence electrons. The van der Waals surface area contributed by atoms with Gasteiger partial charge in [0, 0.05) is 29.6 Å². The zero-order valence-electron chi connectivity index (χ0n) is 16.6. The molecule has 0 unspecified atom stereocenters. The number of amides is 1. The summed E-state index contributed by atoms with van der Waals surface area (Å²) in [5, 5.41) is 21.9. The van der Waals surface area contributed by atoms with E-state index in [4.69, 9.17) is 0 Å². The molecule has 8 nitrogen and oxygen atoms in total. The second-order valence-corrected chi connectivity index (χ2v) is 7.03. The molecule has 0 saturated heterocycles. The number of carbonyl (C=O) groups is 1. The fourth-order valence-electron chi connectivity index (χ4n) is 3.36. The second kappa shape index (κ2) is 8.19. The molecule has 0 bridgehead atoms. The van der Waals surface area contributed by atoms with Gasteiger partial charge in [0.25, 0.3) is 0 Å². The smallest absolute Gasteiger partial charge is 0.244 e. The largest absolute Gasteiger partial charge is 0.352 e. The first-order valence-electron chi connectivity index (χ1n) is 9.92. The van der Waals surface area contributed by atoms with Crippen molar-refractivity contribution >= 4 is 28.4 Å². The van der Waals surface area contributed by atoms with Crippen LogP contribution in [-0.2, 0) is 11.2 Å². The van der Waals surface area contributed by atoms with Crippen LogP contribution in [0, 0.1) is 0 Å². The summed E-state index contributed by atoms with van der Waals surface area (Å²) in [5.74, 6) is 0.299. The van der Waals surface area contributed by atoms with Gasteiger partial charge in [0.2, 0.25) is 5.91 Å². The van der Waals surface area contributed by atoms with E-state index in [0.29, 0.717) is 24.4 Å². The van der Waals surface area contributed by atoms with Crippen LogP contribution < -0.4 is 5.32 Å². The van der Waals surface area contributed by atoms with Crippen molar-refractivity contribution in [3.05, 3.63) is 90.7 Å². The van der Waals surface area contributed by atoms with Gasteiger partial charge in [-0.05, 0) is 30.2 Å². The molecule has 0 spiro atoms. The lowest BCUT2D eigenvalue weighted by molar-refractivity contribution is -0.116. The molecule has 5 rings (SSSR count). The Bertz CT molecular complexity index is 1390. The molecular weight excluding hydrogens is 390 g/mol. The van der Waals surface area contributed by atoms with Crippen molar-refractivity contribution in [2.24, 2.45) is 0 Å². The van der Waals surface area contributed by atoms with Gasteiger partial charge in [-0.25, -0.2) is 4.68 Å². The summed E-state index contributed by atoms with van der Waals surface area (Å²) in [6, 6.07) is 17.8. The Balaban J connectivity index is 1.20. The second-order valence-electron chi connectivity index (χ2n) is 7.03. The molecule has 0 aliphatic rings. The number of para-hydroxylation sites is 1. The van der Waals surface area contributed by atoms with Crippen LogP contribution in [-0.4, -0.2) is 42.0 Å². The van der Waals surface area contributed by atoms with Crippen molar-refractivity contribution in [3.63, 3.8) is 0 Å². The monoisotopic (exact) mass is 409 g/mol. The van der Waals surface area contributed by atoms with Crippen molar-refractivity contribution in [2.75, 3.05) is 6.54 Å². The van der Waals surface area contributed by atoms with Crippen LogP contribution in [0.5, 0.6) is 0 Å². The van der Waals surface area contributed by atoms with Gasteiger partial charge in [0.1, 0.15) is 0 Å². The highest BCUT2D eigenvalue weighted by Gasteiger charge is 2.08. The van der Waals surface area contributed by atoms with Gasteiger partial charge in [0.15, 0.2) is 11.5 Å². The SMILES string of the molecule is O=C(/C=C/c1nnc2c3ccccc3cnn12)NCCc1cnn(-c2ccccc2)c1. The molecule has 0 radical (unpaired) electrons. The molecule has 31 heavy (non-hydrogen) atoms. The first kappa shape index (κ1) is 18.7. The van der Waals surface area contributed by atoms with E-state index in [1.165, 1.54) is 6.08 Å². The minimum Gasteiger partial charge on any atom is -0.352 e. The zero-order valence-corrected chi connectivity index (χ0v) is 16.6. The number of hydrogen-bond donors (Lipinski definition) is 1. The molecule has 0 fully saturated rings. The minimum absolute atomic E-state index is 0.201. The summed E-state index contributed by atoms with van der Waals surface area (Å²) in [4.78, 5) is 12.2. The molecule has 8 heteroatoms. The third kappa shape index (κ3) is 3.91. The predicted molar refractivity (Wildman–Crippen MR) is 118 cm³/mol. The number of hydrogen-bond acceptors (Lipinski definition) is 5. The molecule has 0 aliphatic carbocycles. The van der Waals surface area contributed by atoms with Gasteiger partial charge >= 0.3 is 0 Å². The lowest BCUT2D eigenvalue weighted by Gasteiger charge is -2.01. The Labute approximate surface area is 177 Å². The van der Waals surface area contributed by atoms with E-state index in [1.54, 1.807) is 16.8 Å². The molecular formula is C23H19N7O. The fraction of sp³-hybridized carbons (Fsp3) is 0.0870. The topological polar surface area (TPSA) is 90.0 Å². The van der Waals surface area contributed by atoms with Crippen LogP contribution in [0.4, 0.5) is 0 Å². The van der Waals surface area contributed by atoms with Gasteiger partial charge in [-0.3, -0.25) is 4.79 Å². The summed E-state index contributed by atoms with van der Waals surface area (Å²) >= 11 is 0. The summed E-state index contributed by atoms with van der Waals surface area (Å²) in [5.41, 5.74) is 2.71. The lowest BCUT2D eigenvalue weighted by Crippen LogP contribution is -2.23. The highest BCUT2D eigenvalue weighted by molar-refractivity contribution is 5.94. The third-order valence-electron chi connectivity index (χ3n) is 4.93. The van der Waals surface area contributed by atoms with Gasteiger partial charge in [-0.1, -0.05) is 42.5 Å². The van der Waals surface area contributed by atoms with Crippen LogP contribution in [0.2, 0.25) is 0 Å². The maximum atomic E-state index is 12.2. The Morgan fingerprint density at radius 2 is 1.81 bits per heavy atom. The number of nitrogens with one attached hydrogen (secondary N) is 1. The lowest BCUT2D eigenvalue weighted by atomic mass is 10.2. The summed E-state index contributed by atoms with van der Waals surface area (Å²) < 4.78 is 3.45. The Hall–Kier alpha value is -4.33. The average molecular weight is 409 g/mol. The highest BCUT2D eigenvalue weighted by Crippen LogP contribution is 2.17. The van der Waals surface area contributed by atoms with Crippen molar-refractivity contribution < 1.29 is 4.79 Å². The van der Waals surface area contributed by atoms with Gasteiger partial charge in [-0.15, -0.1) is 10.2 Å². The molecule has 0 aliphatic heterocycles. The number of carbonyl (C=O) groups excluding carboxylic acids is 1. The third-order valence-corrected chi connectivity index (χ3v) is 4.93. The molecule has 0 saturated carbocycles. The molecule has 5 aromatic rings. The number of rotatable bonds is 6. The Morgan fingerprint density at radius 3 is 2.71 bits per heavy atom. The normalized spacial score (nSPS) is 11.5. The number of aromatic nitrogens is 6. The van der Waals surface area contributed by atoms with Crippen LogP contribution in [0.3, 0.4) is 0 Å². The van der Waals surface area contributed by atoms with Crippen molar-refractivity contribution in [2.45, 2.75) is 6.42 Å². The maximum Gasteiger partial charge on any atom is 0.244 e. The van der Waals surface area contributed by atoms with Crippen LogP contribution in [0.25, 0.3) is 28.2 Å². The molecule has 0 atom stereocenters. The first-order valence-corrected chi connectivity index (χ1v) is 9.92. The van der Waals surface area contributed by atoms with Gasteiger partial charge in [0.05, 0.1) is 18.1 Å². The molecule has 1 N–H and O–H groups in total. The molecule has 3 heterocycles. The number of benzene rings is 2. The van der Waals surface area contributed by atoms with Gasteiger partial charge < -0.3 is 5.32 Å². The van der Waals surface area contributed by atoms with E-state index in [-0.39, 0.29) is 5.91 Å². The van der Waals surface area contributed by atoms with E-state index in [1.807, 2.05) is 71.7 Å². The quantitative estimate of drug-likeness (QED) is 0.436. The fourth-order valence-corrected chi connectivity index (χ4v) is 3.36. The molecule has 1 amide bonds. The standard InChI is InChI=1S/C23H19N7O/c31-22(24-13-12-17-14-25-29(16-17)19-7-2-1-3-8-19)11-10-21-27-28-23-20-9-5-4-6-18(20)15-26-30(21)23/h1-11,14-16H,12-13H2,(H,24,31)/b11-10+. The van der Waals surface area contributed by atoms with Crippen LogP contribution in [0.1, 0.15) is 11.4 Å². The van der Waals surface area contributed by atoms with Crippen LogP contribution in [0.15, 0.2) is 79.3 Å².